The van der Waals surface area contributed by atoms with Crippen molar-refractivity contribution < 1.29 is 4.84 Å². The Balaban J connectivity index is 2.33. The van der Waals surface area contributed by atoms with E-state index in [1.54, 1.807) is 0 Å². The van der Waals surface area contributed by atoms with E-state index in [-0.39, 0.29) is 5.92 Å². The number of rotatable bonds is 1. The first-order valence-corrected chi connectivity index (χ1v) is 4.06. The molecule has 0 spiro atoms. The first-order chi connectivity index (χ1) is 6.42. The summed E-state index contributed by atoms with van der Waals surface area (Å²) in [5, 5.41) is 12.6. The van der Waals surface area contributed by atoms with E-state index in [2.05, 4.69) is 11.2 Å². The van der Waals surface area contributed by atoms with Crippen LogP contribution in [0.1, 0.15) is 5.56 Å². The molecule has 13 heavy (non-hydrogen) atoms. The van der Waals surface area contributed by atoms with E-state index in [0.717, 1.165) is 11.3 Å². The molecule has 2 rings (SSSR count). The van der Waals surface area contributed by atoms with Crippen LogP contribution < -0.4 is 0 Å². The van der Waals surface area contributed by atoms with Crippen LogP contribution in [-0.4, -0.2) is 12.3 Å². The minimum atomic E-state index is -0.220. The molecule has 1 aliphatic heterocycles. The van der Waals surface area contributed by atoms with E-state index in [1.807, 2.05) is 30.3 Å². The Labute approximate surface area is 76.2 Å². The fourth-order valence-corrected chi connectivity index (χ4v) is 1.29. The summed E-state index contributed by atoms with van der Waals surface area (Å²) in [5.74, 6) is -0.220. The highest BCUT2D eigenvalue weighted by atomic mass is 16.6. The van der Waals surface area contributed by atoms with E-state index in [1.165, 1.54) is 0 Å². The molecule has 1 atom stereocenters. The highest BCUT2D eigenvalue weighted by molar-refractivity contribution is 6.04. The van der Waals surface area contributed by atoms with Crippen LogP contribution in [0.3, 0.4) is 0 Å². The standard InChI is InChI=1S/C10H8N2O/c11-6-9-7-13-12-10(9)8-4-2-1-3-5-8/h1-5,9H,7H2/t9-/m1/s1. The third-order valence-corrected chi connectivity index (χ3v) is 1.96. The Kier molecular flexibility index (Phi) is 1.97. The number of nitrogens with zero attached hydrogens (tertiary/aromatic N) is 2. The molecule has 0 saturated carbocycles. The second-order valence-electron chi connectivity index (χ2n) is 2.82. The van der Waals surface area contributed by atoms with Gasteiger partial charge >= 0.3 is 0 Å². The molecule has 3 nitrogen and oxygen atoms in total. The molecule has 0 aromatic heterocycles. The molecule has 0 fully saturated rings. The average Bonchev–Trinajstić information content (AvgIpc) is 2.67. The zero-order valence-electron chi connectivity index (χ0n) is 6.97. The molecule has 0 radical (unpaired) electrons. The number of hydrogen-bond acceptors (Lipinski definition) is 3. The van der Waals surface area contributed by atoms with Gasteiger partial charge in [-0.25, -0.2) is 0 Å². The molecule has 1 aromatic carbocycles. The van der Waals surface area contributed by atoms with E-state index in [0.29, 0.717) is 6.61 Å². The molecule has 0 saturated heterocycles. The Morgan fingerprint density at radius 2 is 2.15 bits per heavy atom. The van der Waals surface area contributed by atoms with Crippen molar-refractivity contribution in [3.63, 3.8) is 0 Å². The maximum atomic E-state index is 8.79. The molecule has 0 aliphatic carbocycles. The summed E-state index contributed by atoms with van der Waals surface area (Å²) < 4.78 is 0. The smallest absolute Gasteiger partial charge is 0.138 e. The summed E-state index contributed by atoms with van der Waals surface area (Å²) in [4.78, 5) is 4.88. The lowest BCUT2D eigenvalue weighted by Gasteiger charge is -2.00. The van der Waals surface area contributed by atoms with Crippen molar-refractivity contribution >= 4 is 5.71 Å². The molecule has 0 amide bonds. The minimum absolute atomic E-state index is 0.220. The van der Waals surface area contributed by atoms with Crippen molar-refractivity contribution in [1.29, 1.82) is 5.26 Å². The molecule has 1 aromatic rings. The summed E-state index contributed by atoms with van der Waals surface area (Å²) in [6.45, 7) is 0.376. The van der Waals surface area contributed by atoms with Crippen molar-refractivity contribution in [2.75, 3.05) is 6.61 Å². The van der Waals surface area contributed by atoms with Gasteiger partial charge in [-0.05, 0) is 0 Å². The Morgan fingerprint density at radius 1 is 1.38 bits per heavy atom. The fraction of sp³-hybridized carbons (Fsp3) is 0.200. The highest BCUT2D eigenvalue weighted by Gasteiger charge is 2.23. The number of nitriles is 1. The molecule has 0 bridgehead atoms. The average molecular weight is 172 g/mol. The maximum absolute atomic E-state index is 8.79. The maximum Gasteiger partial charge on any atom is 0.138 e. The predicted octanol–water partition coefficient (Wildman–Crippen LogP) is 1.56. The van der Waals surface area contributed by atoms with Crippen LogP contribution in [0.4, 0.5) is 0 Å². The van der Waals surface area contributed by atoms with Crippen LogP contribution in [0.15, 0.2) is 35.5 Å². The van der Waals surface area contributed by atoms with Crippen LogP contribution >= 0.6 is 0 Å². The van der Waals surface area contributed by atoms with Gasteiger partial charge in [0, 0.05) is 5.56 Å². The lowest BCUT2D eigenvalue weighted by molar-refractivity contribution is 0.163. The lowest BCUT2D eigenvalue weighted by Crippen LogP contribution is -2.11. The van der Waals surface area contributed by atoms with E-state index in [9.17, 15) is 0 Å². The van der Waals surface area contributed by atoms with Crippen LogP contribution in [-0.2, 0) is 4.84 Å². The third-order valence-electron chi connectivity index (χ3n) is 1.96. The van der Waals surface area contributed by atoms with Crippen molar-refractivity contribution in [2.45, 2.75) is 0 Å². The summed E-state index contributed by atoms with van der Waals surface area (Å²) in [6, 6.07) is 11.8. The Bertz CT molecular complexity index is 364. The fourth-order valence-electron chi connectivity index (χ4n) is 1.29. The monoisotopic (exact) mass is 172 g/mol. The van der Waals surface area contributed by atoms with Gasteiger partial charge in [0.15, 0.2) is 0 Å². The van der Waals surface area contributed by atoms with Crippen LogP contribution in [0.5, 0.6) is 0 Å². The molecular formula is C10H8N2O. The second-order valence-corrected chi connectivity index (χ2v) is 2.82. The van der Waals surface area contributed by atoms with Gasteiger partial charge in [-0.2, -0.15) is 5.26 Å². The quantitative estimate of drug-likeness (QED) is 0.645. The normalized spacial score (nSPS) is 20.2. The van der Waals surface area contributed by atoms with Gasteiger partial charge in [-0.15, -0.1) is 0 Å². The van der Waals surface area contributed by atoms with Crippen LogP contribution in [0.25, 0.3) is 0 Å². The van der Waals surface area contributed by atoms with Crippen molar-refractivity contribution in [3.05, 3.63) is 35.9 Å². The zero-order valence-corrected chi connectivity index (χ0v) is 6.97. The molecule has 1 aliphatic rings. The first-order valence-electron chi connectivity index (χ1n) is 4.06. The third kappa shape index (κ3) is 1.38. The topological polar surface area (TPSA) is 45.4 Å². The van der Waals surface area contributed by atoms with E-state index in [4.69, 9.17) is 10.1 Å². The molecule has 0 N–H and O–H groups in total. The summed E-state index contributed by atoms with van der Waals surface area (Å²) >= 11 is 0. The van der Waals surface area contributed by atoms with Gasteiger partial charge in [0.05, 0.1) is 6.07 Å². The van der Waals surface area contributed by atoms with E-state index < -0.39 is 0 Å². The summed E-state index contributed by atoms with van der Waals surface area (Å²) in [5.41, 5.74) is 1.70. The second kappa shape index (κ2) is 3.28. The number of benzene rings is 1. The molecular weight excluding hydrogens is 164 g/mol. The highest BCUT2D eigenvalue weighted by Crippen LogP contribution is 2.15. The number of oxime groups is 1. The zero-order chi connectivity index (χ0) is 9.10. The number of hydrogen-bond donors (Lipinski definition) is 0. The van der Waals surface area contributed by atoms with Gasteiger partial charge in [0.1, 0.15) is 18.2 Å². The van der Waals surface area contributed by atoms with Crippen molar-refractivity contribution in [2.24, 2.45) is 11.1 Å². The lowest BCUT2D eigenvalue weighted by atomic mass is 10.00. The first kappa shape index (κ1) is 7.81. The van der Waals surface area contributed by atoms with Gasteiger partial charge < -0.3 is 4.84 Å². The molecule has 1 heterocycles. The SMILES string of the molecule is N#C[C@@H]1CON=C1c1ccccc1. The Morgan fingerprint density at radius 3 is 2.85 bits per heavy atom. The van der Waals surface area contributed by atoms with Crippen LogP contribution in [0, 0.1) is 17.2 Å². The summed E-state index contributed by atoms with van der Waals surface area (Å²) in [7, 11) is 0. The van der Waals surface area contributed by atoms with Gasteiger partial charge in [-0.3, -0.25) is 0 Å². The minimum Gasteiger partial charge on any atom is -0.394 e. The van der Waals surface area contributed by atoms with Gasteiger partial charge in [-0.1, -0.05) is 35.5 Å². The molecule has 64 valence electrons. The van der Waals surface area contributed by atoms with Crippen molar-refractivity contribution in [3.8, 4) is 6.07 Å². The largest absolute Gasteiger partial charge is 0.394 e. The van der Waals surface area contributed by atoms with Gasteiger partial charge in [0.25, 0.3) is 0 Å². The van der Waals surface area contributed by atoms with Gasteiger partial charge in [0.2, 0.25) is 0 Å². The molecule has 0 unspecified atom stereocenters. The van der Waals surface area contributed by atoms with Crippen molar-refractivity contribution in [1.82, 2.24) is 0 Å². The predicted molar refractivity (Wildman–Crippen MR) is 48.0 cm³/mol. The Hall–Kier alpha value is -1.82. The molecule has 3 heteroatoms. The summed E-state index contributed by atoms with van der Waals surface area (Å²) in [6.07, 6.45) is 0. The van der Waals surface area contributed by atoms with E-state index >= 15 is 0 Å². The van der Waals surface area contributed by atoms with Crippen LogP contribution in [0.2, 0.25) is 0 Å².